The molecule has 0 fully saturated rings. The number of fused-ring (bicyclic) bond motifs is 1. The summed E-state index contributed by atoms with van der Waals surface area (Å²) in [5.74, 6) is 0.676. The molecule has 1 aliphatic heterocycles. The molecule has 0 unspecified atom stereocenters. The molecule has 0 aliphatic carbocycles. The number of benzene rings is 2. The zero-order chi connectivity index (χ0) is 17.8. The second-order valence-electron chi connectivity index (χ2n) is 6.22. The molecule has 130 valence electrons. The van der Waals surface area contributed by atoms with Gasteiger partial charge in [-0.25, -0.2) is 0 Å². The lowest BCUT2D eigenvalue weighted by atomic mass is 9.99. The molecule has 25 heavy (non-hydrogen) atoms. The van der Waals surface area contributed by atoms with Gasteiger partial charge in [0.2, 0.25) is 0 Å². The standard InChI is InChI=1S/C20H21BrN2O2/c1-13(2)25-20-6-3-14(7-19(20)24)9-22-11-16-12-23-10-15-4-5-17(21)8-18(15)16/h3-8,10-11,13,22,24H,9,12H2,1-2H3/b16-11+. The molecule has 0 bridgehead atoms. The number of phenolic OH excluding ortho intramolecular Hbond substituents is 1. The van der Waals surface area contributed by atoms with E-state index in [0.717, 1.165) is 21.2 Å². The van der Waals surface area contributed by atoms with Gasteiger partial charge in [0.25, 0.3) is 0 Å². The molecule has 0 atom stereocenters. The van der Waals surface area contributed by atoms with Crippen molar-refractivity contribution in [1.29, 1.82) is 0 Å². The smallest absolute Gasteiger partial charge is 0.161 e. The Labute approximate surface area is 156 Å². The van der Waals surface area contributed by atoms with E-state index in [1.807, 2.05) is 38.4 Å². The minimum atomic E-state index is 0.0332. The van der Waals surface area contributed by atoms with E-state index in [0.29, 0.717) is 18.8 Å². The second kappa shape index (κ2) is 7.74. The Balaban J connectivity index is 1.69. The Morgan fingerprint density at radius 2 is 2.12 bits per heavy atom. The molecule has 0 saturated heterocycles. The molecule has 2 aromatic carbocycles. The number of nitrogens with zero attached hydrogens (tertiary/aromatic N) is 1. The van der Waals surface area contributed by atoms with Crippen molar-refractivity contribution in [3.8, 4) is 11.5 Å². The molecule has 1 aliphatic rings. The predicted molar refractivity (Wildman–Crippen MR) is 105 cm³/mol. The number of hydrogen-bond donors (Lipinski definition) is 2. The number of ether oxygens (including phenoxy) is 1. The van der Waals surface area contributed by atoms with Crippen LogP contribution in [-0.2, 0) is 6.54 Å². The van der Waals surface area contributed by atoms with Gasteiger partial charge in [-0.3, -0.25) is 4.99 Å². The Morgan fingerprint density at radius 1 is 1.28 bits per heavy atom. The molecule has 3 rings (SSSR count). The molecule has 1 heterocycles. The van der Waals surface area contributed by atoms with Crippen LogP contribution in [0.2, 0.25) is 0 Å². The molecule has 2 N–H and O–H groups in total. The average Bonchev–Trinajstić information content (AvgIpc) is 2.57. The predicted octanol–water partition coefficient (Wildman–Crippen LogP) is 4.51. The van der Waals surface area contributed by atoms with Crippen molar-refractivity contribution in [3.63, 3.8) is 0 Å². The van der Waals surface area contributed by atoms with Crippen molar-refractivity contribution >= 4 is 27.7 Å². The fourth-order valence-corrected chi connectivity index (χ4v) is 3.05. The molecule has 0 radical (unpaired) electrons. The van der Waals surface area contributed by atoms with E-state index in [9.17, 15) is 5.11 Å². The van der Waals surface area contributed by atoms with Crippen LogP contribution in [0.1, 0.15) is 30.5 Å². The van der Waals surface area contributed by atoms with Crippen LogP contribution in [0, 0.1) is 0 Å². The zero-order valence-corrected chi connectivity index (χ0v) is 15.9. The van der Waals surface area contributed by atoms with Crippen LogP contribution in [0.4, 0.5) is 0 Å². The summed E-state index contributed by atoms with van der Waals surface area (Å²) >= 11 is 3.52. The Hall–Kier alpha value is -2.27. The van der Waals surface area contributed by atoms with Crippen molar-refractivity contribution < 1.29 is 9.84 Å². The summed E-state index contributed by atoms with van der Waals surface area (Å²) in [6.07, 6.45) is 3.94. The topological polar surface area (TPSA) is 53.8 Å². The normalized spacial score (nSPS) is 14.6. The number of nitrogens with one attached hydrogen (secondary N) is 1. The quantitative estimate of drug-likeness (QED) is 0.776. The van der Waals surface area contributed by atoms with E-state index in [1.165, 1.54) is 5.56 Å². The van der Waals surface area contributed by atoms with E-state index in [4.69, 9.17) is 4.74 Å². The molecule has 0 spiro atoms. The highest BCUT2D eigenvalue weighted by atomic mass is 79.9. The first-order valence-electron chi connectivity index (χ1n) is 8.23. The Morgan fingerprint density at radius 3 is 2.88 bits per heavy atom. The first kappa shape index (κ1) is 17.5. The van der Waals surface area contributed by atoms with Gasteiger partial charge in [0.1, 0.15) is 0 Å². The van der Waals surface area contributed by atoms with Crippen molar-refractivity contribution in [2.45, 2.75) is 26.5 Å². The highest BCUT2D eigenvalue weighted by Gasteiger charge is 2.11. The highest BCUT2D eigenvalue weighted by molar-refractivity contribution is 9.10. The first-order valence-corrected chi connectivity index (χ1v) is 9.03. The molecule has 4 nitrogen and oxygen atoms in total. The third-order valence-electron chi connectivity index (χ3n) is 3.82. The van der Waals surface area contributed by atoms with Gasteiger partial charge in [-0.2, -0.15) is 0 Å². The van der Waals surface area contributed by atoms with Crippen molar-refractivity contribution in [2.24, 2.45) is 4.99 Å². The molecular weight excluding hydrogens is 380 g/mol. The third kappa shape index (κ3) is 4.42. The van der Waals surface area contributed by atoms with Crippen LogP contribution in [0.25, 0.3) is 5.57 Å². The summed E-state index contributed by atoms with van der Waals surface area (Å²) in [6.45, 7) is 5.14. The molecule has 0 saturated carbocycles. The van der Waals surface area contributed by atoms with E-state index in [1.54, 1.807) is 12.1 Å². The van der Waals surface area contributed by atoms with Crippen LogP contribution in [0.5, 0.6) is 11.5 Å². The minimum absolute atomic E-state index is 0.0332. The summed E-state index contributed by atoms with van der Waals surface area (Å²) in [7, 11) is 0. The number of rotatable bonds is 5. The van der Waals surface area contributed by atoms with Gasteiger partial charge in [-0.1, -0.05) is 28.1 Å². The van der Waals surface area contributed by atoms with Gasteiger partial charge in [-0.15, -0.1) is 0 Å². The number of phenols is 1. The number of aliphatic imine (C=N–C) groups is 1. The van der Waals surface area contributed by atoms with Crippen molar-refractivity contribution in [3.05, 3.63) is 63.8 Å². The lowest BCUT2D eigenvalue weighted by molar-refractivity contribution is 0.232. The zero-order valence-electron chi connectivity index (χ0n) is 14.3. The number of hydrogen-bond acceptors (Lipinski definition) is 4. The SMILES string of the molecule is CC(C)Oc1ccc(CN/C=C2\CN=Cc3ccc(Br)cc32)cc1O. The van der Waals surface area contributed by atoms with Crippen molar-refractivity contribution in [2.75, 3.05) is 6.54 Å². The Bertz CT molecular complexity index is 828. The van der Waals surface area contributed by atoms with Gasteiger partial charge in [0.05, 0.1) is 12.6 Å². The third-order valence-corrected chi connectivity index (χ3v) is 4.32. The molecular formula is C20H21BrN2O2. The lowest BCUT2D eigenvalue weighted by Crippen LogP contribution is -2.10. The van der Waals surface area contributed by atoms with E-state index in [-0.39, 0.29) is 11.9 Å². The summed E-state index contributed by atoms with van der Waals surface area (Å²) in [5, 5.41) is 13.4. The number of aromatic hydroxyl groups is 1. The second-order valence-corrected chi connectivity index (χ2v) is 7.14. The van der Waals surface area contributed by atoms with Gasteiger partial charge >= 0.3 is 0 Å². The van der Waals surface area contributed by atoms with Crippen LogP contribution in [0.15, 0.2) is 52.1 Å². The van der Waals surface area contributed by atoms with Gasteiger partial charge in [0, 0.05) is 23.4 Å². The van der Waals surface area contributed by atoms with E-state index in [2.05, 4.69) is 38.4 Å². The maximum absolute atomic E-state index is 10.1. The van der Waals surface area contributed by atoms with Gasteiger partial charge in [-0.05, 0) is 60.4 Å². The summed E-state index contributed by atoms with van der Waals surface area (Å²) in [6, 6.07) is 11.7. The highest BCUT2D eigenvalue weighted by Crippen LogP contribution is 2.28. The van der Waals surface area contributed by atoms with Crippen molar-refractivity contribution in [1.82, 2.24) is 5.32 Å². The number of halogens is 1. The Kier molecular flexibility index (Phi) is 5.43. The van der Waals surface area contributed by atoms with Crippen LogP contribution in [-0.4, -0.2) is 24.0 Å². The first-order chi connectivity index (χ1) is 12.0. The average molecular weight is 401 g/mol. The summed E-state index contributed by atoms with van der Waals surface area (Å²) in [4.78, 5) is 4.40. The van der Waals surface area contributed by atoms with Gasteiger partial charge < -0.3 is 15.2 Å². The minimum Gasteiger partial charge on any atom is -0.504 e. The van der Waals surface area contributed by atoms with Crippen LogP contribution >= 0.6 is 15.9 Å². The fourth-order valence-electron chi connectivity index (χ4n) is 2.69. The van der Waals surface area contributed by atoms with E-state index >= 15 is 0 Å². The molecule has 2 aromatic rings. The maximum atomic E-state index is 10.1. The van der Waals surface area contributed by atoms with Gasteiger partial charge in [0.15, 0.2) is 11.5 Å². The van der Waals surface area contributed by atoms with E-state index < -0.39 is 0 Å². The van der Waals surface area contributed by atoms with Crippen LogP contribution < -0.4 is 10.1 Å². The summed E-state index contributed by atoms with van der Waals surface area (Å²) in [5.41, 5.74) is 4.43. The fraction of sp³-hybridized carbons (Fsp3) is 0.250. The maximum Gasteiger partial charge on any atom is 0.161 e. The van der Waals surface area contributed by atoms with Crippen LogP contribution in [0.3, 0.4) is 0 Å². The summed E-state index contributed by atoms with van der Waals surface area (Å²) < 4.78 is 6.60. The molecule has 0 aromatic heterocycles. The lowest BCUT2D eigenvalue weighted by Gasteiger charge is -2.15. The largest absolute Gasteiger partial charge is 0.504 e. The monoisotopic (exact) mass is 400 g/mol. The molecule has 0 amide bonds. The molecule has 5 heteroatoms.